The Bertz CT molecular complexity index is 531. The molecule has 152 valence electrons. The summed E-state index contributed by atoms with van der Waals surface area (Å²) >= 11 is 0. The highest BCUT2D eigenvalue weighted by Crippen LogP contribution is 2.60. The predicted octanol–water partition coefficient (Wildman–Crippen LogP) is 7.72. The minimum absolute atomic E-state index is 0.0889. The lowest BCUT2D eigenvalue weighted by atomic mass is 9.76. The molecule has 0 N–H and O–H groups in total. The maximum absolute atomic E-state index is 2.52. The second kappa shape index (κ2) is 9.43. The van der Waals surface area contributed by atoms with Crippen molar-refractivity contribution in [2.24, 2.45) is 35.5 Å². The van der Waals surface area contributed by atoms with Crippen molar-refractivity contribution in [1.82, 2.24) is 0 Å². The van der Waals surface area contributed by atoms with E-state index in [4.69, 9.17) is 0 Å². The molecule has 0 spiro atoms. The van der Waals surface area contributed by atoms with E-state index in [0.29, 0.717) is 0 Å². The van der Waals surface area contributed by atoms with Crippen LogP contribution in [0.5, 0.6) is 0 Å². The molecule has 6 unspecified atom stereocenters. The van der Waals surface area contributed by atoms with E-state index in [9.17, 15) is 0 Å². The molecule has 1 aromatic carbocycles. The Hall–Kier alpha value is -0.350. The molecule has 0 heterocycles. The number of hydrogen-bond donors (Lipinski definition) is 0. The van der Waals surface area contributed by atoms with Crippen molar-refractivity contribution in [3.63, 3.8) is 0 Å². The highest BCUT2D eigenvalue weighted by molar-refractivity contribution is 7.67. The molecule has 1 aromatic rings. The van der Waals surface area contributed by atoms with Crippen LogP contribution in [0.2, 0.25) is 0 Å². The van der Waals surface area contributed by atoms with Crippen LogP contribution in [0, 0.1) is 35.5 Å². The molecule has 0 bridgehead atoms. The van der Waals surface area contributed by atoms with Crippen molar-refractivity contribution in [3.05, 3.63) is 30.3 Å². The van der Waals surface area contributed by atoms with Gasteiger partial charge < -0.3 is 0 Å². The van der Waals surface area contributed by atoms with Crippen molar-refractivity contribution in [2.45, 2.75) is 91.4 Å². The van der Waals surface area contributed by atoms with Crippen LogP contribution in [0.4, 0.5) is 0 Å². The summed E-state index contributed by atoms with van der Waals surface area (Å²) < 4.78 is 0. The van der Waals surface area contributed by atoms with Crippen LogP contribution in [0.25, 0.3) is 0 Å². The Morgan fingerprint density at radius 2 is 1.15 bits per heavy atom. The molecule has 0 amide bonds. The SMILES string of the molecule is CC1CCC(C(C)C)C(P(c2ccccc2)C2CC(C)CCC2C(C)C)C1. The summed E-state index contributed by atoms with van der Waals surface area (Å²) in [6, 6.07) is 11.8. The first-order chi connectivity index (χ1) is 12.9. The summed E-state index contributed by atoms with van der Waals surface area (Å²) in [4.78, 5) is 0. The molecule has 2 aliphatic rings. The molecule has 0 nitrogen and oxygen atoms in total. The van der Waals surface area contributed by atoms with Crippen LogP contribution in [0.15, 0.2) is 30.3 Å². The minimum atomic E-state index is -0.0889. The van der Waals surface area contributed by atoms with E-state index in [2.05, 4.69) is 71.9 Å². The molecule has 0 aliphatic heterocycles. The first-order valence-electron chi connectivity index (χ1n) is 11.7. The van der Waals surface area contributed by atoms with Crippen LogP contribution < -0.4 is 5.30 Å². The first kappa shape index (κ1) is 21.4. The van der Waals surface area contributed by atoms with E-state index in [1.807, 2.05) is 0 Å². The third-order valence-corrected chi connectivity index (χ3v) is 11.3. The van der Waals surface area contributed by atoms with Gasteiger partial charge in [0.2, 0.25) is 0 Å². The summed E-state index contributed by atoms with van der Waals surface area (Å²) in [6.07, 6.45) is 8.77. The predicted molar refractivity (Wildman–Crippen MR) is 123 cm³/mol. The van der Waals surface area contributed by atoms with Crippen LogP contribution in [-0.4, -0.2) is 11.3 Å². The van der Waals surface area contributed by atoms with Gasteiger partial charge in [0, 0.05) is 0 Å². The van der Waals surface area contributed by atoms with Crippen LogP contribution in [-0.2, 0) is 0 Å². The zero-order chi connectivity index (χ0) is 19.6. The lowest BCUT2D eigenvalue weighted by molar-refractivity contribution is 0.224. The summed E-state index contributed by atoms with van der Waals surface area (Å²) in [5, 5.41) is 1.71. The second-order valence-corrected chi connectivity index (χ2v) is 13.2. The quantitative estimate of drug-likeness (QED) is 0.454. The van der Waals surface area contributed by atoms with E-state index in [1.165, 1.54) is 38.5 Å². The smallest absolute Gasteiger partial charge is 0.0133 e. The molecule has 2 aliphatic carbocycles. The van der Waals surface area contributed by atoms with Gasteiger partial charge in [-0.15, -0.1) is 0 Å². The molecule has 6 atom stereocenters. The molecule has 0 aromatic heterocycles. The highest BCUT2D eigenvalue weighted by atomic mass is 31.1. The zero-order valence-corrected chi connectivity index (χ0v) is 19.6. The molecule has 0 radical (unpaired) electrons. The topological polar surface area (TPSA) is 0 Å². The molecule has 3 rings (SSSR count). The van der Waals surface area contributed by atoms with E-state index in [-0.39, 0.29) is 7.92 Å². The van der Waals surface area contributed by atoms with Gasteiger partial charge in [0.05, 0.1) is 0 Å². The third kappa shape index (κ3) is 4.98. The van der Waals surface area contributed by atoms with Gasteiger partial charge >= 0.3 is 0 Å². The fourth-order valence-corrected chi connectivity index (χ4v) is 10.9. The third-order valence-electron chi connectivity index (χ3n) is 7.74. The summed E-state index contributed by atoms with van der Waals surface area (Å²) in [7, 11) is -0.0889. The average molecular weight is 387 g/mol. The molecule has 0 saturated heterocycles. The standard InChI is InChI=1S/C26H43P/c1-18(2)23-14-12-20(5)16-25(23)27(22-10-8-7-9-11-22)26-17-21(6)13-15-24(26)19(3)4/h7-11,18-21,23-26H,12-17H2,1-6H3. The fraction of sp³-hybridized carbons (Fsp3) is 0.769. The number of rotatable bonds is 5. The van der Waals surface area contributed by atoms with Crippen molar-refractivity contribution >= 4 is 13.2 Å². The van der Waals surface area contributed by atoms with Gasteiger partial charge in [-0.1, -0.05) is 92.6 Å². The summed E-state index contributed by atoms with van der Waals surface area (Å²) in [5.41, 5.74) is 1.87. The Kier molecular flexibility index (Phi) is 7.46. The number of hydrogen-bond acceptors (Lipinski definition) is 0. The molecule has 2 saturated carbocycles. The second-order valence-electron chi connectivity index (χ2n) is 10.5. The number of benzene rings is 1. The van der Waals surface area contributed by atoms with Crippen LogP contribution in [0.1, 0.15) is 80.1 Å². The fourth-order valence-electron chi connectivity index (χ4n) is 6.17. The summed E-state index contributed by atoms with van der Waals surface area (Å²) in [6.45, 7) is 15.0. The van der Waals surface area contributed by atoms with Crippen LogP contribution >= 0.6 is 7.92 Å². The molecule has 2 fully saturated rings. The van der Waals surface area contributed by atoms with Crippen LogP contribution in [0.3, 0.4) is 0 Å². The molecule has 27 heavy (non-hydrogen) atoms. The first-order valence-corrected chi connectivity index (χ1v) is 13.2. The van der Waals surface area contributed by atoms with E-state index in [0.717, 1.165) is 46.8 Å². The van der Waals surface area contributed by atoms with Gasteiger partial charge in [-0.25, -0.2) is 0 Å². The Morgan fingerprint density at radius 1 is 0.704 bits per heavy atom. The molecular formula is C26H43P. The largest absolute Gasteiger partial charge is 0.0684 e. The molecular weight excluding hydrogens is 343 g/mol. The monoisotopic (exact) mass is 386 g/mol. The minimum Gasteiger partial charge on any atom is -0.0684 e. The van der Waals surface area contributed by atoms with Gasteiger partial charge in [-0.3, -0.25) is 0 Å². The lowest BCUT2D eigenvalue weighted by Gasteiger charge is -2.49. The van der Waals surface area contributed by atoms with Crippen molar-refractivity contribution in [2.75, 3.05) is 0 Å². The Balaban J connectivity index is 2.02. The summed E-state index contributed by atoms with van der Waals surface area (Å²) in [5.74, 6) is 5.34. The van der Waals surface area contributed by atoms with Crippen molar-refractivity contribution < 1.29 is 0 Å². The molecule has 1 heteroatoms. The zero-order valence-electron chi connectivity index (χ0n) is 18.7. The van der Waals surface area contributed by atoms with E-state index < -0.39 is 0 Å². The van der Waals surface area contributed by atoms with Gasteiger partial charge in [0.25, 0.3) is 0 Å². The maximum atomic E-state index is 2.52. The van der Waals surface area contributed by atoms with E-state index >= 15 is 0 Å². The van der Waals surface area contributed by atoms with Gasteiger partial charge in [0.15, 0.2) is 0 Å². The lowest BCUT2D eigenvalue weighted by Crippen LogP contribution is -2.40. The van der Waals surface area contributed by atoms with Gasteiger partial charge in [-0.05, 0) is 77.8 Å². The van der Waals surface area contributed by atoms with Gasteiger partial charge in [0.1, 0.15) is 0 Å². The van der Waals surface area contributed by atoms with Crippen molar-refractivity contribution in [1.29, 1.82) is 0 Å². The Labute approximate surface area is 170 Å². The Morgan fingerprint density at radius 3 is 1.56 bits per heavy atom. The normalized spacial score (nSPS) is 36.1. The average Bonchev–Trinajstić information content (AvgIpc) is 2.62. The highest BCUT2D eigenvalue weighted by Gasteiger charge is 2.44. The maximum Gasteiger partial charge on any atom is -0.0133 e. The van der Waals surface area contributed by atoms with Crippen molar-refractivity contribution in [3.8, 4) is 0 Å². The van der Waals surface area contributed by atoms with E-state index in [1.54, 1.807) is 5.30 Å². The van der Waals surface area contributed by atoms with Gasteiger partial charge in [-0.2, -0.15) is 0 Å².